The Morgan fingerprint density at radius 2 is 2.21 bits per heavy atom. The molecule has 1 aliphatic carbocycles. The second-order valence-corrected chi connectivity index (χ2v) is 8.27. The van der Waals surface area contributed by atoms with E-state index in [4.69, 9.17) is 4.74 Å². The third-order valence-corrected chi connectivity index (χ3v) is 6.22. The van der Waals surface area contributed by atoms with Gasteiger partial charge in [-0.15, -0.1) is 11.3 Å². The number of aryl methyl sites for hydroxylation is 1. The smallest absolute Gasteiger partial charge is 0.262 e. The van der Waals surface area contributed by atoms with E-state index in [1.54, 1.807) is 23.5 Å². The second-order valence-electron chi connectivity index (χ2n) is 7.19. The molecule has 3 aromatic rings. The molecule has 4 rings (SSSR count). The number of aromatic nitrogens is 2. The zero-order chi connectivity index (χ0) is 19.7. The Morgan fingerprint density at radius 3 is 3.04 bits per heavy atom. The van der Waals surface area contributed by atoms with Gasteiger partial charge in [0.25, 0.3) is 5.56 Å². The molecule has 28 heavy (non-hydrogen) atoms. The molecule has 0 aliphatic heterocycles. The molecular formula is C21H23N3O3S. The number of benzene rings is 1. The van der Waals surface area contributed by atoms with Crippen LogP contribution < -0.4 is 15.6 Å². The van der Waals surface area contributed by atoms with Crippen molar-refractivity contribution in [3.63, 3.8) is 0 Å². The third-order valence-electron chi connectivity index (χ3n) is 5.06. The first-order valence-corrected chi connectivity index (χ1v) is 10.4. The summed E-state index contributed by atoms with van der Waals surface area (Å²) in [5.74, 6) is 0.965. The van der Waals surface area contributed by atoms with Crippen LogP contribution in [0.5, 0.6) is 5.75 Å². The lowest BCUT2D eigenvalue weighted by Crippen LogP contribution is -2.28. The number of thiophene rings is 1. The number of para-hydroxylation sites is 2. The van der Waals surface area contributed by atoms with Crippen molar-refractivity contribution >= 4 is 33.1 Å². The van der Waals surface area contributed by atoms with Crippen molar-refractivity contribution in [3.8, 4) is 5.75 Å². The molecule has 0 spiro atoms. The standard InChI is InChI=1S/C21H23N3O3S/c1-3-27-16-7-5-4-6-15(16)23-18(25)11-24-12-22-20-19(21(24)26)14-9-8-13(2)10-17(14)28-20/h4-7,12-13H,3,8-11H2,1-2H3,(H,23,25)/t13-/m0/s1. The maximum atomic E-state index is 13.0. The average molecular weight is 398 g/mol. The van der Waals surface area contributed by atoms with E-state index in [0.29, 0.717) is 29.3 Å². The zero-order valence-electron chi connectivity index (χ0n) is 16.0. The molecule has 7 heteroatoms. The van der Waals surface area contributed by atoms with Crippen LogP contribution in [0.4, 0.5) is 5.69 Å². The molecule has 0 saturated heterocycles. The highest BCUT2D eigenvalue weighted by Gasteiger charge is 2.23. The molecule has 0 fully saturated rings. The molecule has 1 amide bonds. The Bertz CT molecular complexity index is 1090. The molecule has 1 aromatic carbocycles. The van der Waals surface area contributed by atoms with Crippen molar-refractivity contribution in [1.82, 2.24) is 9.55 Å². The molecule has 6 nitrogen and oxygen atoms in total. The van der Waals surface area contributed by atoms with E-state index in [1.165, 1.54) is 15.8 Å². The van der Waals surface area contributed by atoms with Gasteiger partial charge in [0.05, 0.1) is 24.0 Å². The molecule has 0 unspecified atom stereocenters. The fourth-order valence-corrected chi connectivity index (χ4v) is 5.02. The van der Waals surface area contributed by atoms with E-state index in [1.807, 2.05) is 19.1 Å². The van der Waals surface area contributed by atoms with Gasteiger partial charge in [0.15, 0.2) is 0 Å². The minimum Gasteiger partial charge on any atom is -0.492 e. The van der Waals surface area contributed by atoms with Crippen LogP contribution in [0.3, 0.4) is 0 Å². The summed E-state index contributed by atoms with van der Waals surface area (Å²) in [6.45, 7) is 4.56. The molecule has 0 saturated carbocycles. The monoisotopic (exact) mass is 397 g/mol. The first-order chi connectivity index (χ1) is 13.6. The number of hydrogen-bond donors (Lipinski definition) is 1. The SMILES string of the molecule is CCOc1ccccc1NC(=O)Cn1cnc2sc3c(c2c1=O)CC[C@H](C)C3. The number of ether oxygens (including phenoxy) is 1. The van der Waals surface area contributed by atoms with E-state index in [-0.39, 0.29) is 18.0 Å². The molecule has 0 radical (unpaired) electrons. The number of hydrogen-bond acceptors (Lipinski definition) is 5. The van der Waals surface area contributed by atoms with Crippen LogP contribution in [0.2, 0.25) is 0 Å². The number of fused-ring (bicyclic) bond motifs is 3. The fraction of sp³-hybridized carbons (Fsp3) is 0.381. The second kappa shape index (κ2) is 7.75. The van der Waals surface area contributed by atoms with Crippen molar-refractivity contribution in [3.05, 3.63) is 51.4 Å². The molecular weight excluding hydrogens is 374 g/mol. The van der Waals surface area contributed by atoms with Crippen LogP contribution in [0.25, 0.3) is 10.2 Å². The number of nitrogens with one attached hydrogen (secondary N) is 1. The first kappa shape index (κ1) is 18.7. The van der Waals surface area contributed by atoms with E-state index in [2.05, 4.69) is 17.2 Å². The van der Waals surface area contributed by atoms with E-state index >= 15 is 0 Å². The Morgan fingerprint density at radius 1 is 1.39 bits per heavy atom. The Kier molecular flexibility index (Phi) is 5.17. The predicted octanol–water partition coefficient (Wildman–Crippen LogP) is 3.62. The van der Waals surface area contributed by atoms with Gasteiger partial charge in [-0.25, -0.2) is 4.98 Å². The van der Waals surface area contributed by atoms with Crippen LogP contribution in [-0.2, 0) is 24.2 Å². The van der Waals surface area contributed by atoms with Gasteiger partial charge >= 0.3 is 0 Å². The van der Waals surface area contributed by atoms with Gasteiger partial charge in [-0.05, 0) is 49.8 Å². The van der Waals surface area contributed by atoms with Gasteiger partial charge < -0.3 is 10.1 Å². The van der Waals surface area contributed by atoms with Gasteiger partial charge in [0.2, 0.25) is 5.91 Å². The van der Waals surface area contributed by atoms with Crippen molar-refractivity contribution in [2.24, 2.45) is 5.92 Å². The summed E-state index contributed by atoms with van der Waals surface area (Å²) in [6, 6.07) is 7.27. The van der Waals surface area contributed by atoms with Crippen molar-refractivity contribution in [1.29, 1.82) is 0 Å². The highest BCUT2D eigenvalue weighted by atomic mass is 32.1. The summed E-state index contributed by atoms with van der Waals surface area (Å²) in [5, 5.41) is 3.52. The molecule has 2 heterocycles. The van der Waals surface area contributed by atoms with E-state index in [0.717, 1.165) is 29.7 Å². The number of carbonyl (C=O) groups is 1. The number of nitrogens with zero attached hydrogens (tertiary/aromatic N) is 2. The lowest BCUT2D eigenvalue weighted by atomic mass is 9.89. The van der Waals surface area contributed by atoms with Gasteiger partial charge in [-0.2, -0.15) is 0 Å². The van der Waals surface area contributed by atoms with E-state index in [9.17, 15) is 9.59 Å². The summed E-state index contributed by atoms with van der Waals surface area (Å²) in [4.78, 5) is 32.1. The summed E-state index contributed by atoms with van der Waals surface area (Å²) >= 11 is 1.61. The van der Waals surface area contributed by atoms with Crippen LogP contribution >= 0.6 is 11.3 Å². The van der Waals surface area contributed by atoms with Crippen molar-refractivity contribution in [2.45, 2.75) is 39.7 Å². The summed E-state index contributed by atoms with van der Waals surface area (Å²) in [7, 11) is 0. The molecule has 0 bridgehead atoms. The normalized spacial score (nSPS) is 16.0. The Labute approximate surface area is 167 Å². The highest BCUT2D eigenvalue weighted by molar-refractivity contribution is 7.18. The van der Waals surface area contributed by atoms with Gasteiger partial charge in [-0.3, -0.25) is 14.2 Å². The highest BCUT2D eigenvalue weighted by Crippen LogP contribution is 2.35. The molecule has 2 aromatic heterocycles. The topological polar surface area (TPSA) is 73.2 Å². The van der Waals surface area contributed by atoms with Crippen LogP contribution in [0.1, 0.15) is 30.7 Å². The van der Waals surface area contributed by atoms with E-state index < -0.39 is 0 Å². The van der Waals surface area contributed by atoms with Crippen LogP contribution in [0.15, 0.2) is 35.4 Å². The molecule has 1 aliphatic rings. The van der Waals surface area contributed by atoms with Gasteiger partial charge in [0, 0.05) is 4.88 Å². The zero-order valence-corrected chi connectivity index (χ0v) is 16.8. The minimum absolute atomic E-state index is 0.0801. The van der Waals surface area contributed by atoms with Crippen molar-refractivity contribution in [2.75, 3.05) is 11.9 Å². The van der Waals surface area contributed by atoms with Crippen molar-refractivity contribution < 1.29 is 9.53 Å². The fourth-order valence-electron chi connectivity index (χ4n) is 3.67. The summed E-state index contributed by atoms with van der Waals surface area (Å²) in [6.07, 6.45) is 4.47. The molecule has 1 N–H and O–H groups in total. The summed E-state index contributed by atoms with van der Waals surface area (Å²) in [5.41, 5.74) is 1.59. The minimum atomic E-state index is -0.284. The number of carbonyl (C=O) groups excluding carboxylic acids is 1. The molecule has 1 atom stereocenters. The predicted molar refractivity (Wildman–Crippen MR) is 111 cm³/mol. The first-order valence-electron chi connectivity index (χ1n) is 9.58. The number of amides is 1. The Balaban J connectivity index is 1.59. The third kappa shape index (κ3) is 3.54. The maximum absolute atomic E-state index is 13.0. The quantitative estimate of drug-likeness (QED) is 0.714. The van der Waals surface area contributed by atoms with Crippen LogP contribution in [-0.4, -0.2) is 22.1 Å². The number of rotatable bonds is 5. The molecule has 146 valence electrons. The average Bonchev–Trinajstić information content (AvgIpc) is 3.04. The summed E-state index contributed by atoms with van der Waals surface area (Å²) < 4.78 is 6.93. The Hall–Kier alpha value is -2.67. The largest absolute Gasteiger partial charge is 0.492 e. The maximum Gasteiger partial charge on any atom is 0.262 e. The van der Waals surface area contributed by atoms with Gasteiger partial charge in [-0.1, -0.05) is 19.1 Å². The number of anilines is 1. The van der Waals surface area contributed by atoms with Gasteiger partial charge in [0.1, 0.15) is 17.1 Å². The lowest BCUT2D eigenvalue weighted by Gasteiger charge is -2.17. The van der Waals surface area contributed by atoms with Crippen LogP contribution in [0, 0.1) is 5.92 Å². The lowest BCUT2D eigenvalue weighted by molar-refractivity contribution is -0.116.